The lowest BCUT2D eigenvalue weighted by atomic mass is 9.84. The molecule has 0 aliphatic rings. The molecule has 0 aliphatic carbocycles. The van der Waals surface area contributed by atoms with E-state index in [1.54, 1.807) is 24.3 Å². The van der Waals surface area contributed by atoms with Gasteiger partial charge in [-0.1, -0.05) is 54.6 Å². The Hall–Kier alpha value is -3.40. The lowest BCUT2D eigenvalue weighted by Crippen LogP contribution is -2.16. The van der Waals surface area contributed by atoms with E-state index in [2.05, 4.69) is 0 Å². The van der Waals surface area contributed by atoms with Crippen molar-refractivity contribution in [2.24, 2.45) is 0 Å². The van der Waals surface area contributed by atoms with Gasteiger partial charge < -0.3 is 9.52 Å². The van der Waals surface area contributed by atoms with Gasteiger partial charge in [-0.2, -0.15) is 0 Å². The Bertz CT molecular complexity index is 1210. The van der Waals surface area contributed by atoms with E-state index in [4.69, 9.17) is 4.42 Å². The van der Waals surface area contributed by atoms with Crippen LogP contribution in [0.1, 0.15) is 30.4 Å². The molecule has 0 saturated carbocycles. The third kappa shape index (κ3) is 2.99. The maximum atomic E-state index is 12.7. The molecule has 0 spiro atoms. The first kappa shape index (κ1) is 17.0. The Morgan fingerprint density at radius 3 is 2.41 bits per heavy atom. The third-order valence-electron chi connectivity index (χ3n) is 4.86. The quantitative estimate of drug-likeness (QED) is 0.534. The van der Waals surface area contributed by atoms with Crippen molar-refractivity contribution < 1.29 is 14.3 Å². The zero-order valence-electron chi connectivity index (χ0n) is 14.8. The van der Waals surface area contributed by atoms with E-state index in [0.717, 1.165) is 16.3 Å². The van der Waals surface area contributed by atoms with Crippen LogP contribution in [0.3, 0.4) is 0 Å². The van der Waals surface area contributed by atoms with Crippen LogP contribution in [0.25, 0.3) is 21.7 Å². The first-order valence-corrected chi connectivity index (χ1v) is 8.78. The average molecular weight is 358 g/mol. The van der Waals surface area contributed by atoms with Gasteiger partial charge in [-0.3, -0.25) is 4.79 Å². The second kappa shape index (κ2) is 6.72. The summed E-state index contributed by atoms with van der Waals surface area (Å²) in [5, 5.41) is 13.3. The van der Waals surface area contributed by atoms with Gasteiger partial charge in [0.15, 0.2) is 0 Å². The molecule has 4 rings (SSSR count). The highest BCUT2D eigenvalue weighted by atomic mass is 16.4. The van der Waals surface area contributed by atoms with Crippen molar-refractivity contribution in [2.75, 3.05) is 0 Å². The van der Waals surface area contributed by atoms with Crippen LogP contribution >= 0.6 is 0 Å². The number of ketones is 1. The van der Waals surface area contributed by atoms with Crippen LogP contribution in [0.15, 0.2) is 75.9 Å². The molecule has 0 radical (unpaired) electrons. The minimum Gasteiger partial charge on any atom is -0.507 e. The van der Waals surface area contributed by atoms with E-state index < -0.39 is 11.5 Å². The predicted octanol–water partition coefficient (Wildman–Crippen LogP) is 4.76. The number of aromatic hydroxyl groups is 1. The van der Waals surface area contributed by atoms with E-state index >= 15 is 0 Å². The summed E-state index contributed by atoms with van der Waals surface area (Å²) in [5.41, 5.74) is 0.648. The van der Waals surface area contributed by atoms with E-state index in [1.807, 2.05) is 42.5 Å². The summed E-state index contributed by atoms with van der Waals surface area (Å²) < 4.78 is 5.44. The summed E-state index contributed by atoms with van der Waals surface area (Å²) in [5.74, 6) is -0.782. The third-order valence-corrected chi connectivity index (χ3v) is 4.86. The number of benzene rings is 3. The fourth-order valence-electron chi connectivity index (χ4n) is 3.66. The van der Waals surface area contributed by atoms with E-state index in [9.17, 15) is 14.7 Å². The standard InChI is InChI=1S/C23H18O4/c1-14(24)13-19(17-11-6-8-15-7-2-3-9-16(15)17)21-22(25)18-10-4-5-12-20(18)27-23(21)26/h2-12,19,25H,13H2,1H3. The van der Waals surface area contributed by atoms with Crippen LogP contribution in [0.4, 0.5) is 0 Å². The first-order valence-electron chi connectivity index (χ1n) is 8.78. The van der Waals surface area contributed by atoms with Crippen LogP contribution in [0.2, 0.25) is 0 Å². The molecule has 0 fully saturated rings. The van der Waals surface area contributed by atoms with Gasteiger partial charge in [0.1, 0.15) is 17.1 Å². The molecule has 0 amide bonds. The highest BCUT2D eigenvalue weighted by molar-refractivity contribution is 5.89. The second-order valence-corrected chi connectivity index (χ2v) is 6.68. The minimum absolute atomic E-state index is 0.0695. The number of hydrogen-bond donors (Lipinski definition) is 1. The Morgan fingerprint density at radius 1 is 0.963 bits per heavy atom. The maximum absolute atomic E-state index is 12.7. The molecule has 1 unspecified atom stereocenters. The molecule has 3 aromatic carbocycles. The molecule has 0 bridgehead atoms. The van der Waals surface area contributed by atoms with Gasteiger partial charge in [-0.15, -0.1) is 0 Å². The van der Waals surface area contributed by atoms with Crippen molar-refractivity contribution in [1.82, 2.24) is 0 Å². The molecule has 134 valence electrons. The Balaban J connectivity index is 2.03. The van der Waals surface area contributed by atoms with Crippen LogP contribution in [-0.2, 0) is 4.79 Å². The number of carbonyl (C=O) groups excluding carboxylic acids is 1. The Labute approximate surface area is 155 Å². The molecule has 1 heterocycles. The summed E-state index contributed by atoms with van der Waals surface area (Å²) in [7, 11) is 0. The van der Waals surface area contributed by atoms with Crippen molar-refractivity contribution in [3.05, 3.63) is 88.3 Å². The molecule has 4 nitrogen and oxygen atoms in total. The van der Waals surface area contributed by atoms with Crippen molar-refractivity contribution in [1.29, 1.82) is 0 Å². The van der Waals surface area contributed by atoms with Gasteiger partial charge in [0.05, 0.1) is 10.9 Å². The zero-order valence-corrected chi connectivity index (χ0v) is 14.8. The van der Waals surface area contributed by atoms with E-state index in [-0.39, 0.29) is 23.5 Å². The predicted molar refractivity (Wildman–Crippen MR) is 105 cm³/mol. The van der Waals surface area contributed by atoms with Crippen molar-refractivity contribution in [2.45, 2.75) is 19.3 Å². The normalized spacial score (nSPS) is 12.3. The Kier molecular flexibility index (Phi) is 4.24. The zero-order chi connectivity index (χ0) is 19.0. The molecule has 1 aromatic heterocycles. The van der Waals surface area contributed by atoms with Crippen molar-refractivity contribution >= 4 is 27.5 Å². The highest BCUT2D eigenvalue weighted by Gasteiger charge is 2.27. The fourth-order valence-corrected chi connectivity index (χ4v) is 3.66. The number of hydrogen-bond acceptors (Lipinski definition) is 4. The van der Waals surface area contributed by atoms with Crippen molar-refractivity contribution in [3.63, 3.8) is 0 Å². The van der Waals surface area contributed by atoms with Crippen LogP contribution < -0.4 is 5.63 Å². The van der Waals surface area contributed by atoms with Gasteiger partial charge in [0, 0.05) is 12.3 Å². The molecule has 4 heteroatoms. The molecular formula is C23H18O4. The van der Waals surface area contributed by atoms with Gasteiger partial charge >= 0.3 is 5.63 Å². The van der Waals surface area contributed by atoms with Crippen LogP contribution in [0, 0.1) is 0 Å². The van der Waals surface area contributed by atoms with E-state index in [0.29, 0.717) is 11.0 Å². The fraction of sp³-hybridized carbons (Fsp3) is 0.130. The number of carbonyl (C=O) groups is 1. The molecule has 0 saturated heterocycles. The van der Waals surface area contributed by atoms with Crippen LogP contribution in [0.5, 0.6) is 5.75 Å². The maximum Gasteiger partial charge on any atom is 0.343 e. The van der Waals surface area contributed by atoms with E-state index in [1.165, 1.54) is 6.92 Å². The van der Waals surface area contributed by atoms with Gasteiger partial charge in [0.25, 0.3) is 0 Å². The monoisotopic (exact) mass is 358 g/mol. The smallest absolute Gasteiger partial charge is 0.343 e. The lowest BCUT2D eigenvalue weighted by Gasteiger charge is -2.19. The number of rotatable bonds is 4. The second-order valence-electron chi connectivity index (χ2n) is 6.68. The summed E-state index contributed by atoms with van der Waals surface area (Å²) >= 11 is 0. The SMILES string of the molecule is CC(=O)CC(c1c(O)c2ccccc2oc1=O)c1cccc2ccccc12. The van der Waals surface area contributed by atoms with Crippen LogP contribution in [-0.4, -0.2) is 10.9 Å². The average Bonchev–Trinajstić information content (AvgIpc) is 2.66. The topological polar surface area (TPSA) is 67.5 Å². The van der Waals surface area contributed by atoms with Gasteiger partial charge in [-0.25, -0.2) is 4.79 Å². The number of Topliss-reactive ketones (excluding diaryl/α,β-unsaturated/α-hetero) is 1. The molecule has 1 atom stereocenters. The minimum atomic E-state index is -0.620. The van der Waals surface area contributed by atoms with Gasteiger partial charge in [-0.05, 0) is 35.4 Å². The molecule has 1 N–H and O–H groups in total. The highest BCUT2D eigenvalue weighted by Crippen LogP contribution is 2.38. The van der Waals surface area contributed by atoms with Gasteiger partial charge in [0.2, 0.25) is 0 Å². The Morgan fingerprint density at radius 2 is 1.63 bits per heavy atom. The summed E-state index contributed by atoms with van der Waals surface area (Å²) in [6.45, 7) is 1.48. The molecule has 0 aliphatic heterocycles. The van der Waals surface area contributed by atoms with Crippen molar-refractivity contribution in [3.8, 4) is 5.75 Å². The largest absolute Gasteiger partial charge is 0.507 e. The first-order chi connectivity index (χ1) is 13.1. The summed E-state index contributed by atoms with van der Waals surface area (Å²) in [4.78, 5) is 24.8. The molecular weight excluding hydrogens is 340 g/mol. The lowest BCUT2D eigenvalue weighted by molar-refractivity contribution is -0.117. The number of para-hydroxylation sites is 1. The summed E-state index contributed by atoms with van der Waals surface area (Å²) in [6, 6.07) is 20.4. The molecule has 27 heavy (non-hydrogen) atoms. The molecule has 4 aromatic rings. The number of fused-ring (bicyclic) bond motifs is 2. The summed E-state index contributed by atoms with van der Waals surface area (Å²) in [6.07, 6.45) is 0.102.